The molecule has 2 rings (SSSR count). The first-order chi connectivity index (χ1) is 9.08. The van der Waals surface area contributed by atoms with E-state index in [2.05, 4.69) is 4.98 Å². The second kappa shape index (κ2) is 4.59. The third kappa shape index (κ3) is 2.01. The number of nitro groups is 1. The lowest BCUT2D eigenvalue weighted by Gasteiger charge is -2.05. The molecule has 1 aromatic carbocycles. The zero-order chi connectivity index (χ0) is 14.0. The van der Waals surface area contributed by atoms with Crippen molar-refractivity contribution in [2.45, 2.75) is 6.92 Å². The van der Waals surface area contributed by atoms with Crippen LogP contribution in [0.2, 0.25) is 0 Å². The highest BCUT2D eigenvalue weighted by molar-refractivity contribution is 5.57. The number of nitrogens with zero attached hydrogens (tertiary/aromatic N) is 5. The molecule has 92 valence electrons. The van der Waals surface area contributed by atoms with Crippen molar-refractivity contribution in [3.8, 4) is 17.8 Å². The minimum absolute atomic E-state index is 0.0174. The van der Waals surface area contributed by atoms with Gasteiger partial charge in [0.05, 0.1) is 4.92 Å². The quantitative estimate of drug-likeness (QED) is 0.599. The topological polar surface area (TPSA) is 109 Å². The molecule has 7 heteroatoms. The Morgan fingerprint density at radius 1 is 1.37 bits per heavy atom. The summed E-state index contributed by atoms with van der Waals surface area (Å²) in [5, 5.41) is 28.9. The van der Waals surface area contributed by atoms with E-state index in [1.165, 1.54) is 17.0 Å². The summed E-state index contributed by atoms with van der Waals surface area (Å²) in [6.07, 6.45) is 1.23. The summed E-state index contributed by atoms with van der Waals surface area (Å²) in [5.74, 6) is 0. The summed E-state index contributed by atoms with van der Waals surface area (Å²) < 4.78 is 1.25. The van der Waals surface area contributed by atoms with Gasteiger partial charge in [-0.05, 0) is 18.6 Å². The third-order valence-corrected chi connectivity index (χ3v) is 2.57. The maximum absolute atomic E-state index is 11.0. The van der Waals surface area contributed by atoms with Crippen molar-refractivity contribution >= 4 is 5.69 Å². The summed E-state index contributed by atoms with van der Waals surface area (Å²) >= 11 is 0. The molecule has 0 aliphatic carbocycles. The first-order valence-corrected chi connectivity index (χ1v) is 5.21. The molecule has 0 fully saturated rings. The zero-order valence-corrected chi connectivity index (χ0v) is 9.86. The lowest BCUT2D eigenvalue weighted by Crippen LogP contribution is -2.02. The van der Waals surface area contributed by atoms with Gasteiger partial charge in [0.15, 0.2) is 11.4 Å². The Morgan fingerprint density at radius 3 is 2.68 bits per heavy atom. The number of aromatic nitrogens is 2. The number of benzene rings is 1. The van der Waals surface area contributed by atoms with Crippen molar-refractivity contribution in [1.29, 1.82) is 10.5 Å². The van der Waals surface area contributed by atoms with E-state index in [1.54, 1.807) is 25.1 Å². The smallest absolute Gasteiger partial charge is 0.283 e. The Labute approximate surface area is 108 Å². The highest BCUT2D eigenvalue weighted by Gasteiger charge is 2.20. The van der Waals surface area contributed by atoms with Crippen LogP contribution < -0.4 is 0 Å². The minimum Gasteiger partial charge on any atom is -0.283 e. The van der Waals surface area contributed by atoms with Gasteiger partial charge in [-0.25, -0.2) is 4.98 Å². The number of aryl methyl sites for hydroxylation is 1. The van der Waals surface area contributed by atoms with E-state index in [9.17, 15) is 10.1 Å². The number of hydrogen-bond acceptors (Lipinski definition) is 5. The van der Waals surface area contributed by atoms with E-state index < -0.39 is 4.92 Å². The fourth-order valence-corrected chi connectivity index (χ4v) is 1.70. The van der Waals surface area contributed by atoms with Crippen molar-refractivity contribution in [2.75, 3.05) is 0 Å². The highest BCUT2D eigenvalue weighted by Crippen LogP contribution is 2.25. The highest BCUT2D eigenvalue weighted by atomic mass is 16.6. The summed E-state index contributed by atoms with van der Waals surface area (Å²) in [7, 11) is 0. The van der Waals surface area contributed by atoms with Crippen LogP contribution in [0.25, 0.3) is 5.69 Å². The summed E-state index contributed by atoms with van der Waals surface area (Å²) in [5.41, 5.74) is 0.797. The summed E-state index contributed by atoms with van der Waals surface area (Å²) in [6.45, 7) is 1.78. The molecule has 0 unspecified atom stereocenters. The largest absolute Gasteiger partial charge is 0.293 e. The van der Waals surface area contributed by atoms with Crippen LogP contribution in [0.15, 0.2) is 24.5 Å². The van der Waals surface area contributed by atoms with Crippen LogP contribution >= 0.6 is 0 Å². The fraction of sp³-hybridized carbons (Fsp3) is 0.0833. The van der Waals surface area contributed by atoms with Crippen LogP contribution in [-0.2, 0) is 0 Å². The van der Waals surface area contributed by atoms with Gasteiger partial charge >= 0.3 is 0 Å². The number of rotatable bonds is 2. The Kier molecular flexibility index (Phi) is 2.96. The molecule has 7 nitrogen and oxygen atoms in total. The van der Waals surface area contributed by atoms with E-state index in [0.29, 0.717) is 0 Å². The Bertz CT molecular complexity index is 748. The van der Waals surface area contributed by atoms with Crippen LogP contribution in [0.3, 0.4) is 0 Å². The molecule has 0 radical (unpaired) electrons. The van der Waals surface area contributed by atoms with Crippen LogP contribution in [0.5, 0.6) is 0 Å². The second-order valence-corrected chi connectivity index (χ2v) is 3.78. The average Bonchev–Trinajstić information content (AvgIpc) is 2.80. The molecule has 0 aliphatic rings. The third-order valence-electron chi connectivity index (χ3n) is 2.57. The molecule has 0 saturated heterocycles. The fourth-order valence-electron chi connectivity index (χ4n) is 1.70. The summed E-state index contributed by atoms with van der Waals surface area (Å²) in [4.78, 5) is 14.2. The molecule has 1 heterocycles. The van der Waals surface area contributed by atoms with E-state index in [1.807, 2.05) is 6.07 Å². The normalized spacial score (nSPS) is 9.63. The molecule has 19 heavy (non-hydrogen) atoms. The van der Waals surface area contributed by atoms with Gasteiger partial charge in [-0.2, -0.15) is 10.5 Å². The van der Waals surface area contributed by atoms with Crippen LogP contribution in [0.4, 0.5) is 5.69 Å². The van der Waals surface area contributed by atoms with E-state index in [-0.39, 0.29) is 22.8 Å². The SMILES string of the molecule is Cc1ccc([N+](=O)[O-])c(-n2cnc(C#N)c2C#N)c1. The van der Waals surface area contributed by atoms with Gasteiger partial charge in [-0.15, -0.1) is 0 Å². The Hall–Kier alpha value is -3.19. The van der Waals surface area contributed by atoms with Gasteiger partial charge in [0.1, 0.15) is 24.2 Å². The molecule has 0 saturated carbocycles. The van der Waals surface area contributed by atoms with Gasteiger partial charge < -0.3 is 0 Å². The maximum Gasteiger partial charge on any atom is 0.293 e. The Morgan fingerprint density at radius 2 is 2.11 bits per heavy atom. The monoisotopic (exact) mass is 253 g/mol. The van der Waals surface area contributed by atoms with Gasteiger partial charge in [-0.1, -0.05) is 6.07 Å². The van der Waals surface area contributed by atoms with Gasteiger partial charge in [-0.3, -0.25) is 14.7 Å². The van der Waals surface area contributed by atoms with Gasteiger partial charge in [0.2, 0.25) is 0 Å². The molecule has 1 aromatic heterocycles. The molecular weight excluding hydrogens is 246 g/mol. The summed E-state index contributed by atoms with van der Waals surface area (Å²) in [6, 6.07) is 8.15. The van der Waals surface area contributed by atoms with Crippen LogP contribution in [-0.4, -0.2) is 14.5 Å². The van der Waals surface area contributed by atoms with E-state index >= 15 is 0 Å². The molecule has 0 N–H and O–H groups in total. The zero-order valence-electron chi connectivity index (χ0n) is 9.86. The first-order valence-electron chi connectivity index (χ1n) is 5.21. The van der Waals surface area contributed by atoms with Crippen molar-refractivity contribution in [3.63, 3.8) is 0 Å². The molecular formula is C12H7N5O2. The number of imidazole rings is 1. The van der Waals surface area contributed by atoms with Crippen molar-refractivity contribution in [1.82, 2.24) is 9.55 Å². The Balaban J connectivity index is 2.76. The second-order valence-electron chi connectivity index (χ2n) is 3.78. The predicted octanol–water partition coefficient (Wildman–Crippen LogP) is 1.83. The lowest BCUT2D eigenvalue weighted by atomic mass is 10.2. The molecule has 0 amide bonds. The minimum atomic E-state index is -0.540. The van der Waals surface area contributed by atoms with Crippen molar-refractivity contribution in [2.24, 2.45) is 0 Å². The molecule has 0 aliphatic heterocycles. The van der Waals surface area contributed by atoms with Crippen molar-refractivity contribution < 1.29 is 4.92 Å². The van der Waals surface area contributed by atoms with Crippen molar-refractivity contribution in [3.05, 3.63) is 51.6 Å². The number of hydrogen-bond donors (Lipinski definition) is 0. The average molecular weight is 253 g/mol. The van der Waals surface area contributed by atoms with Crippen LogP contribution in [0, 0.1) is 39.7 Å². The van der Waals surface area contributed by atoms with E-state index in [0.717, 1.165) is 5.56 Å². The van der Waals surface area contributed by atoms with E-state index in [4.69, 9.17) is 10.5 Å². The van der Waals surface area contributed by atoms with Gasteiger partial charge in [0.25, 0.3) is 5.69 Å². The lowest BCUT2D eigenvalue weighted by molar-refractivity contribution is -0.384. The predicted molar refractivity (Wildman–Crippen MR) is 64.4 cm³/mol. The first kappa shape index (κ1) is 12.3. The van der Waals surface area contributed by atoms with Gasteiger partial charge in [0, 0.05) is 6.07 Å². The maximum atomic E-state index is 11.0. The molecule has 2 aromatic rings. The van der Waals surface area contributed by atoms with Crippen LogP contribution in [0.1, 0.15) is 17.0 Å². The molecule has 0 atom stereocenters. The molecule has 0 bridgehead atoms. The standard InChI is InChI=1S/C12H7N5O2/c1-8-2-3-10(17(18)19)11(4-8)16-7-15-9(5-13)12(16)6-14/h2-4,7H,1H3. The molecule has 0 spiro atoms. The number of nitriles is 2. The number of nitro benzene ring substituents is 1.